The van der Waals surface area contributed by atoms with E-state index >= 15 is 0 Å². The largest absolute Gasteiger partial charge is 0.385 e. The summed E-state index contributed by atoms with van der Waals surface area (Å²) in [5, 5.41) is 3.42. The molecule has 0 atom stereocenters. The summed E-state index contributed by atoms with van der Waals surface area (Å²) in [6.45, 7) is 6.67. The molecule has 2 nitrogen and oxygen atoms in total. The summed E-state index contributed by atoms with van der Waals surface area (Å²) >= 11 is 4.08. The van der Waals surface area contributed by atoms with E-state index < -0.39 is 0 Å². The molecule has 0 aromatic heterocycles. The highest BCUT2D eigenvalue weighted by Crippen LogP contribution is 2.06. The molecule has 1 N–H and O–H groups in total. The van der Waals surface area contributed by atoms with Gasteiger partial charge in [0.15, 0.2) is 0 Å². The van der Waals surface area contributed by atoms with Gasteiger partial charge in [0.25, 0.3) is 0 Å². The fraction of sp³-hybridized carbons (Fsp3) is 0.714. The Balaban J connectivity index is 0.00000121. The predicted octanol–water partition coefficient (Wildman–Crippen LogP) is 3.56. The van der Waals surface area contributed by atoms with E-state index in [-0.39, 0.29) is 0 Å². The molecule has 0 spiro atoms. The van der Waals surface area contributed by atoms with Crippen molar-refractivity contribution in [2.24, 2.45) is 0 Å². The van der Waals surface area contributed by atoms with Crippen LogP contribution < -0.4 is 5.32 Å². The van der Waals surface area contributed by atoms with E-state index in [2.05, 4.69) is 36.2 Å². The van der Waals surface area contributed by atoms with Crippen molar-refractivity contribution < 1.29 is 4.74 Å². The standard InChI is InChI=1S/C12H21NOS.C2H6/c15-11-10-14-9-5-4-8-13-12-6-2-1-3-7-12;1-2/h2,6-7,13,15H,1,3-5,8-11H2;1-2H3. The molecule has 0 radical (unpaired) electrons. The van der Waals surface area contributed by atoms with Crippen LogP contribution in [0.5, 0.6) is 0 Å². The third-order valence-electron chi connectivity index (χ3n) is 2.28. The first kappa shape index (κ1) is 16.6. The van der Waals surface area contributed by atoms with Gasteiger partial charge in [-0.1, -0.05) is 26.0 Å². The topological polar surface area (TPSA) is 21.3 Å². The van der Waals surface area contributed by atoms with Gasteiger partial charge in [-0.2, -0.15) is 12.6 Å². The van der Waals surface area contributed by atoms with Crippen LogP contribution in [0.15, 0.2) is 23.9 Å². The van der Waals surface area contributed by atoms with E-state index in [4.69, 9.17) is 4.74 Å². The SMILES string of the molecule is CC.SCCOCCCCNC1=CCCC=C1. The van der Waals surface area contributed by atoms with Gasteiger partial charge in [-0.25, -0.2) is 0 Å². The van der Waals surface area contributed by atoms with Crippen LogP contribution in [0.1, 0.15) is 39.5 Å². The molecule has 0 unspecified atom stereocenters. The lowest BCUT2D eigenvalue weighted by molar-refractivity contribution is 0.146. The highest BCUT2D eigenvalue weighted by molar-refractivity contribution is 7.80. The molecular formula is C14H27NOS. The van der Waals surface area contributed by atoms with Gasteiger partial charge in [-0.05, 0) is 31.8 Å². The Labute approximate surface area is 112 Å². The minimum absolute atomic E-state index is 0.768. The number of hydrogen-bond acceptors (Lipinski definition) is 3. The van der Waals surface area contributed by atoms with Gasteiger partial charge in [0, 0.05) is 24.6 Å². The number of unbranched alkanes of at least 4 members (excludes halogenated alkanes) is 1. The van der Waals surface area contributed by atoms with Gasteiger partial charge in [0.05, 0.1) is 6.61 Å². The fourth-order valence-corrected chi connectivity index (χ4v) is 1.60. The summed E-state index contributed by atoms with van der Waals surface area (Å²) in [4.78, 5) is 0. The van der Waals surface area contributed by atoms with Crippen molar-refractivity contribution in [1.82, 2.24) is 5.32 Å². The van der Waals surface area contributed by atoms with Crippen molar-refractivity contribution in [3.8, 4) is 0 Å². The molecule has 17 heavy (non-hydrogen) atoms. The number of rotatable bonds is 8. The van der Waals surface area contributed by atoms with Crippen molar-refractivity contribution in [3.05, 3.63) is 23.9 Å². The molecule has 0 heterocycles. The second kappa shape index (κ2) is 13.7. The third-order valence-corrected chi connectivity index (χ3v) is 2.46. The van der Waals surface area contributed by atoms with Crippen LogP contribution >= 0.6 is 12.6 Å². The summed E-state index contributed by atoms with van der Waals surface area (Å²) < 4.78 is 5.34. The monoisotopic (exact) mass is 257 g/mol. The first-order chi connectivity index (χ1) is 8.43. The molecule has 0 aromatic rings. The van der Waals surface area contributed by atoms with E-state index in [1.54, 1.807) is 0 Å². The lowest BCUT2D eigenvalue weighted by Crippen LogP contribution is -2.15. The average Bonchev–Trinajstić information content (AvgIpc) is 2.41. The molecule has 1 rings (SSSR count). The lowest BCUT2D eigenvalue weighted by Gasteiger charge is -2.10. The average molecular weight is 257 g/mol. The zero-order chi connectivity index (χ0) is 12.8. The van der Waals surface area contributed by atoms with Crippen LogP contribution in [-0.2, 0) is 4.74 Å². The van der Waals surface area contributed by atoms with Crippen LogP contribution in [0, 0.1) is 0 Å². The fourth-order valence-electron chi connectivity index (χ4n) is 1.47. The smallest absolute Gasteiger partial charge is 0.0554 e. The van der Waals surface area contributed by atoms with Crippen LogP contribution in [-0.4, -0.2) is 25.5 Å². The molecule has 3 heteroatoms. The molecule has 0 aliphatic heterocycles. The number of allylic oxidation sites excluding steroid dienone is 3. The first-order valence-corrected chi connectivity index (χ1v) is 7.36. The van der Waals surface area contributed by atoms with E-state index in [1.807, 2.05) is 13.8 Å². The highest BCUT2D eigenvalue weighted by Gasteiger charge is 1.95. The molecular weight excluding hydrogens is 230 g/mol. The number of nitrogens with one attached hydrogen (secondary N) is 1. The van der Waals surface area contributed by atoms with Gasteiger partial charge in [-0.3, -0.25) is 0 Å². The van der Waals surface area contributed by atoms with Gasteiger partial charge in [0.1, 0.15) is 0 Å². The molecule has 0 fully saturated rings. The molecule has 0 bridgehead atoms. The van der Waals surface area contributed by atoms with Gasteiger partial charge < -0.3 is 10.1 Å². The normalized spacial score (nSPS) is 13.7. The molecule has 0 amide bonds. The second-order valence-corrected chi connectivity index (χ2v) is 4.06. The minimum atomic E-state index is 0.768. The highest BCUT2D eigenvalue weighted by atomic mass is 32.1. The van der Waals surface area contributed by atoms with Crippen LogP contribution in [0.4, 0.5) is 0 Å². The molecule has 1 aliphatic carbocycles. The number of thiol groups is 1. The quantitative estimate of drug-likeness (QED) is 0.512. The Hall–Kier alpha value is -0.410. The van der Waals surface area contributed by atoms with E-state index in [9.17, 15) is 0 Å². The first-order valence-electron chi connectivity index (χ1n) is 6.72. The Morgan fingerprint density at radius 1 is 1.24 bits per heavy atom. The summed E-state index contributed by atoms with van der Waals surface area (Å²) in [7, 11) is 0. The number of hydrogen-bond donors (Lipinski definition) is 2. The van der Waals surface area contributed by atoms with Crippen molar-refractivity contribution in [1.29, 1.82) is 0 Å². The van der Waals surface area contributed by atoms with Crippen molar-refractivity contribution in [2.45, 2.75) is 39.5 Å². The summed E-state index contributed by atoms with van der Waals surface area (Å²) in [5.41, 5.74) is 1.28. The minimum Gasteiger partial charge on any atom is -0.385 e. The van der Waals surface area contributed by atoms with Crippen molar-refractivity contribution >= 4 is 12.6 Å². The van der Waals surface area contributed by atoms with Crippen LogP contribution in [0.3, 0.4) is 0 Å². The maximum absolute atomic E-state index is 5.34. The molecule has 0 aromatic carbocycles. The molecule has 0 saturated heterocycles. The summed E-state index contributed by atoms with van der Waals surface area (Å²) in [6.07, 6.45) is 11.3. The Bertz CT molecular complexity index is 214. The Kier molecular flexibility index (Phi) is 13.3. The summed E-state index contributed by atoms with van der Waals surface area (Å²) in [5.74, 6) is 0.815. The molecule has 0 saturated carbocycles. The molecule has 1 aliphatic rings. The third kappa shape index (κ3) is 10.5. The van der Waals surface area contributed by atoms with E-state index in [0.717, 1.165) is 38.4 Å². The molecule has 100 valence electrons. The maximum Gasteiger partial charge on any atom is 0.0554 e. The zero-order valence-electron chi connectivity index (χ0n) is 11.2. The Morgan fingerprint density at radius 2 is 2.06 bits per heavy atom. The van der Waals surface area contributed by atoms with E-state index in [0.29, 0.717) is 0 Å². The van der Waals surface area contributed by atoms with Crippen LogP contribution in [0.25, 0.3) is 0 Å². The van der Waals surface area contributed by atoms with Gasteiger partial charge in [0.2, 0.25) is 0 Å². The lowest BCUT2D eigenvalue weighted by atomic mass is 10.1. The van der Waals surface area contributed by atoms with Gasteiger partial charge >= 0.3 is 0 Å². The second-order valence-electron chi connectivity index (χ2n) is 3.61. The van der Waals surface area contributed by atoms with Crippen molar-refractivity contribution in [2.75, 3.05) is 25.5 Å². The Morgan fingerprint density at radius 3 is 2.71 bits per heavy atom. The zero-order valence-corrected chi connectivity index (χ0v) is 12.1. The van der Waals surface area contributed by atoms with Crippen LogP contribution in [0.2, 0.25) is 0 Å². The predicted molar refractivity (Wildman–Crippen MR) is 79.7 cm³/mol. The van der Waals surface area contributed by atoms with E-state index in [1.165, 1.54) is 18.5 Å². The van der Waals surface area contributed by atoms with Gasteiger partial charge in [-0.15, -0.1) is 0 Å². The summed E-state index contributed by atoms with van der Waals surface area (Å²) in [6, 6.07) is 0. The van der Waals surface area contributed by atoms with Crippen molar-refractivity contribution in [3.63, 3.8) is 0 Å². The maximum atomic E-state index is 5.34. The number of ether oxygens (including phenoxy) is 1.